The monoisotopic (exact) mass is 293 g/mol. The van der Waals surface area contributed by atoms with Crippen LogP contribution in [0.15, 0.2) is 6.07 Å². The van der Waals surface area contributed by atoms with Crippen LogP contribution in [0.4, 0.5) is 0 Å². The van der Waals surface area contributed by atoms with Crippen molar-refractivity contribution in [2.24, 2.45) is 5.73 Å². The lowest BCUT2D eigenvalue weighted by Gasteiger charge is -2.32. The van der Waals surface area contributed by atoms with Crippen molar-refractivity contribution >= 4 is 17.5 Å². The largest absolute Gasteiger partial charge is 0.507 e. The van der Waals surface area contributed by atoms with Gasteiger partial charge in [0.1, 0.15) is 17.1 Å². The maximum atomic E-state index is 12.1. The quantitative estimate of drug-likeness (QED) is 0.585. The van der Waals surface area contributed by atoms with Crippen LogP contribution >= 0.6 is 0 Å². The van der Waals surface area contributed by atoms with Gasteiger partial charge in [-0.1, -0.05) is 0 Å². The van der Waals surface area contributed by atoms with Crippen LogP contribution in [-0.4, -0.2) is 32.9 Å². The molecule has 1 saturated carbocycles. The first-order valence-electron chi connectivity index (χ1n) is 6.36. The summed E-state index contributed by atoms with van der Waals surface area (Å²) in [5.74, 6) is -3.98. The van der Waals surface area contributed by atoms with Gasteiger partial charge in [0.05, 0.1) is 0 Å². The number of Topliss-reactive ketones (excluding diaryl/α,β-unsaturated/α-hetero) is 2. The summed E-state index contributed by atoms with van der Waals surface area (Å²) in [5.41, 5.74) is 3.27. The van der Waals surface area contributed by atoms with Gasteiger partial charge in [-0.15, -0.1) is 0 Å². The zero-order valence-corrected chi connectivity index (χ0v) is 11.3. The van der Waals surface area contributed by atoms with E-state index in [2.05, 4.69) is 0 Å². The Balaban J connectivity index is 2.73. The number of carboxylic acids is 1. The summed E-state index contributed by atoms with van der Waals surface area (Å²) in [5, 5.41) is 28.6. The lowest BCUT2D eigenvalue weighted by Crippen LogP contribution is -2.54. The number of hydrogen-bond acceptors (Lipinski definition) is 6. The molecule has 1 aromatic carbocycles. The van der Waals surface area contributed by atoms with E-state index in [0.717, 1.165) is 6.07 Å². The highest BCUT2D eigenvalue weighted by Gasteiger charge is 2.46. The Morgan fingerprint density at radius 2 is 1.76 bits per heavy atom. The number of aromatic carboxylic acids is 1. The van der Waals surface area contributed by atoms with Crippen LogP contribution in [0.2, 0.25) is 0 Å². The zero-order chi connectivity index (χ0) is 15.9. The molecular formula is C14H15NO6. The highest BCUT2D eigenvalue weighted by molar-refractivity contribution is 6.14. The molecule has 21 heavy (non-hydrogen) atoms. The summed E-state index contributed by atoms with van der Waals surface area (Å²) >= 11 is 0. The van der Waals surface area contributed by atoms with E-state index in [1.165, 1.54) is 6.92 Å². The van der Waals surface area contributed by atoms with Gasteiger partial charge in [0.15, 0.2) is 17.1 Å². The Labute approximate surface area is 120 Å². The molecule has 0 spiro atoms. The Hall–Kier alpha value is -2.41. The molecule has 0 atom stereocenters. The number of aromatic hydroxyl groups is 2. The van der Waals surface area contributed by atoms with Crippen molar-refractivity contribution in [1.82, 2.24) is 0 Å². The fraction of sp³-hybridized carbons (Fsp3) is 0.357. The van der Waals surface area contributed by atoms with Crippen molar-refractivity contribution in [3.63, 3.8) is 0 Å². The normalized spacial score (nSPS) is 17.8. The van der Waals surface area contributed by atoms with E-state index in [-0.39, 0.29) is 24.0 Å². The average Bonchev–Trinajstić information content (AvgIpc) is 2.39. The molecule has 1 fully saturated rings. The minimum atomic E-state index is -1.95. The summed E-state index contributed by atoms with van der Waals surface area (Å²) in [7, 11) is 0. The van der Waals surface area contributed by atoms with E-state index in [4.69, 9.17) is 10.8 Å². The average molecular weight is 293 g/mol. The van der Waals surface area contributed by atoms with Crippen LogP contribution in [0.5, 0.6) is 11.5 Å². The number of carbonyl (C=O) groups excluding carboxylic acids is 2. The fourth-order valence-electron chi connectivity index (χ4n) is 2.63. The standard InChI is InChI=1S/C14H15NO6/c1-6-7(5-8(16)11(12(6)19)13(20)21)14(15)9(17)3-2-4-10(14)18/h5,16,19H,2-4,15H2,1H3,(H,20,21). The van der Waals surface area contributed by atoms with E-state index < -0.39 is 40.1 Å². The first kappa shape index (κ1) is 15.0. The number of rotatable bonds is 2. The lowest BCUT2D eigenvalue weighted by atomic mass is 9.73. The third-order valence-electron chi connectivity index (χ3n) is 3.86. The lowest BCUT2D eigenvalue weighted by molar-refractivity contribution is -0.138. The number of carboxylic acid groups (broad SMARTS) is 1. The molecule has 5 N–H and O–H groups in total. The van der Waals surface area contributed by atoms with Crippen molar-refractivity contribution in [2.75, 3.05) is 0 Å². The van der Waals surface area contributed by atoms with Crippen LogP contribution in [0.25, 0.3) is 0 Å². The Bertz CT molecular complexity index is 648. The van der Waals surface area contributed by atoms with Gasteiger partial charge in [0.2, 0.25) is 0 Å². The van der Waals surface area contributed by atoms with Crippen molar-refractivity contribution in [3.05, 3.63) is 22.8 Å². The van der Waals surface area contributed by atoms with E-state index in [1.807, 2.05) is 0 Å². The molecule has 1 aliphatic carbocycles. The highest BCUT2D eigenvalue weighted by Crippen LogP contribution is 2.40. The minimum Gasteiger partial charge on any atom is -0.507 e. The minimum absolute atomic E-state index is 0.00343. The SMILES string of the molecule is Cc1c(C2(N)C(=O)CCCC2=O)cc(O)c(C(=O)O)c1O. The Kier molecular flexibility index (Phi) is 3.46. The van der Waals surface area contributed by atoms with Crippen molar-refractivity contribution in [1.29, 1.82) is 0 Å². The third-order valence-corrected chi connectivity index (χ3v) is 3.86. The summed E-state index contributed by atoms with van der Waals surface area (Å²) in [4.78, 5) is 35.2. The zero-order valence-electron chi connectivity index (χ0n) is 11.3. The van der Waals surface area contributed by atoms with Crippen LogP contribution in [-0.2, 0) is 15.1 Å². The second kappa shape index (κ2) is 4.85. The number of hydrogen-bond donors (Lipinski definition) is 4. The molecule has 0 aliphatic heterocycles. The molecular weight excluding hydrogens is 278 g/mol. The first-order valence-corrected chi connectivity index (χ1v) is 6.36. The molecule has 7 nitrogen and oxygen atoms in total. The topological polar surface area (TPSA) is 138 Å². The molecule has 2 rings (SSSR count). The van der Waals surface area contributed by atoms with Crippen LogP contribution in [0.3, 0.4) is 0 Å². The highest BCUT2D eigenvalue weighted by atomic mass is 16.4. The van der Waals surface area contributed by atoms with Gasteiger partial charge < -0.3 is 21.1 Å². The van der Waals surface area contributed by atoms with E-state index >= 15 is 0 Å². The molecule has 0 amide bonds. The van der Waals surface area contributed by atoms with Gasteiger partial charge in [0, 0.05) is 12.8 Å². The Morgan fingerprint density at radius 3 is 2.24 bits per heavy atom. The summed E-state index contributed by atoms with van der Waals surface area (Å²) in [6.07, 6.45) is 0.634. The van der Waals surface area contributed by atoms with E-state index in [0.29, 0.717) is 6.42 Å². The molecule has 1 aliphatic rings. The Morgan fingerprint density at radius 1 is 1.24 bits per heavy atom. The van der Waals surface area contributed by atoms with Crippen molar-refractivity contribution < 1.29 is 29.7 Å². The molecule has 0 unspecified atom stereocenters. The first-order chi connectivity index (χ1) is 9.71. The number of nitrogens with two attached hydrogens (primary N) is 1. The second-order valence-corrected chi connectivity index (χ2v) is 5.10. The van der Waals surface area contributed by atoms with Gasteiger partial charge in [0.25, 0.3) is 0 Å². The van der Waals surface area contributed by atoms with Gasteiger partial charge >= 0.3 is 5.97 Å². The number of phenols is 2. The number of benzene rings is 1. The smallest absolute Gasteiger partial charge is 0.343 e. The predicted octanol–water partition coefficient (Wildman–Crippen LogP) is 0.581. The van der Waals surface area contributed by atoms with Crippen molar-refractivity contribution in [2.45, 2.75) is 31.7 Å². The number of carbonyl (C=O) groups is 3. The maximum Gasteiger partial charge on any atom is 0.343 e. The van der Waals surface area contributed by atoms with Crippen LogP contribution < -0.4 is 5.73 Å². The summed E-state index contributed by atoms with van der Waals surface area (Å²) in [6, 6.07) is 0.972. The van der Waals surface area contributed by atoms with E-state index in [9.17, 15) is 24.6 Å². The van der Waals surface area contributed by atoms with Crippen LogP contribution in [0.1, 0.15) is 40.7 Å². The molecule has 7 heteroatoms. The number of ketones is 2. The fourth-order valence-corrected chi connectivity index (χ4v) is 2.63. The second-order valence-electron chi connectivity index (χ2n) is 5.10. The summed E-state index contributed by atoms with van der Waals surface area (Å²) in [6.45, 7) is 1.35. The molecule has 1 aromatic rings. The molecule has 0 saturated heterocycles. The van der Waals surface area contributed by atoms with Gasteiger partial charge in [-0.3, -0.25) is 9.59 Å². The predicted molar refractivity (Wildman–Crippen MR) is 71.2 cm³/mol. The molecule has 0 bridgehead atoms. The maximum absolute atomic E-state index is 12.1. The van der Waals surface area contributed by atoms with Crippen LogP contribution in [0, 0.1) is 6.92 Å². The van der Waals surface area contributed by atoms with Crippen molar-refractivity contribution in [3.8, 4) is 11.5 Å². The molecule has 112 valence electrons. The van der Waals surface area contributed by atoms with Gasteiger partial charge in [-0.25, -0.2) is 4.79 Å². The third kappa shape index (κ3) is 2.06. The molecule has 0 heterocycles. The van der Waals surface area contributed by atoms with Gasteiger partial charge in [-0.2, -0.15) is 0 Å². The van der Waals surface area contributed by atoms with E-state index in [1.54, 1.807) is 0 Å². The summed E-state index contributed by atoms with van der Waals surface area (Å²) < 4.78 is 0. The molecule has 0 radical (unpaired) electrons. The molecule has 0 aromatic heterocycles. The van der Waals surface area contributed by atoms with Gasteiger partial charge in [-0.05, 0) is 30.5 Å².